The molecule has 78 valence electrons. The number of nitrogens with zero attached hydrogens (tertiary/aromatic N) is 2. The number of aromatic nitrogens is 2. The zero-order valence-corrected chi connectivity index (χ0v) is 8.83. The zero-order chi connectivity index (χ0) is 10.4. The lowest BCUT2D eigenvalue weighted by atomic mass is 10.3. The first kappa shape index (κ1) is 8.91. The Morgan fingerprint density at radius 3 is 3.13 bits per heavy atom. The molecule has 0 atom stereocenters. The maximum atomic E-state index is 10.6. The van der Waals surface area contributed by atoms with Crippen LogP contribution in [0.5, 0.6) is 0 Å². The summed E-state index contributed by atoms with van der Waals surface area (Å²) < 4.78 is 1.91. The average Bonchev–Trinajstić information content (AvgIpc) is 2.84. The van der Waals surface area contributed by atoms with Crippen LogP contribution in [-0.2, 0) is 11.2 Å². The third kappa shape index (κ3) is 1.52. The second-order valence-electron chi connectivity index (χ2n) is 3.89. The first-order valence-electron chi connectivity index (χ1n) is 4.91. The molecule has 0 bridgehead atoms. The van der Waals surface area contributed by atoms with Gasteiger partial charge in [0.2, 0.25) is 0 Å². The molecule has 0 aliphatic heterocycles. The van der Waals surface area contributed by atoms with Crippen LogP contribution in [0.15, 0.2) is 11.6 Å². The van der Waals surface area contributed by atoms with Crippen molar-refractivity contribution in [1.29, 1.82) is 0 Å². The highest BCUT2D eigenvalue weighted by Crippen LogP contribution is 2.39. The minimum Gasteiger partial charge on any atom is -0.481 e. The van der Waals surface area contributed by atoms with E-state index in [1.807, 2.05) is 16.0 Å². The summed E-state index contributed by atoms with van der Waals surface area (Å²) in [5.74, 6) is -0.175. The molecule has 5 heteroatoms. The smallest absolute Gasteiger partial charge is 0.309 e. The molecule has 0 unspecified atom stereocenters. The number of fused-ring (bicyclic) bond motifs is 1. The number of imidazole rings is 1. The molecule has 0 radical (unpaired) electrons. The van der Waals surface area contributed by atoms with Gasteiger partial charge in [-0.15, -0.1) is 11.3 Å². The molecule has 1 N–H and O–H groups in total. The number of carboxylic acid groups (broad SMARTS) is 1. The van der Waals surface area contributed by atoms with Gasteiger partial charge in [-0.05, 0) is 12.8 Å². The lowest BCUT2D eigenvalue weighted by molar-refractivity contribution is -0.136. The van der Waals surface area contributed by atoms with Gasteiger partial charge in [0, 0.05) is 23.2 Å². The largest absolute Gasteiger partial charge is 0.481 e. The molecular formula is C10H10N2O2S. The van der Waals surface area contributed by atoms with Crippen LogP contribution in [-0.4, -0.2) is 20.5 Å². The molecule has 1 aliphatic carbocycles. The van der Waals surface area contributed by atoms with E-state index in [1.54, 1.807) is 0 Å². The number of rotatable bonds is 3. The highest BCUT2D eigenvalue weighted by Gasteiger charge is 2.26. The maximum absolute atomic E-state index is 10.6. The summed E-state index contributed by atoms with van der Waals surface area (Å²) in [4.78, 5) is 16.0. The molecule has 2 heterocycles. The van der Waals surface area contributed by atoms with Gasteiger partial charge in [-0.2, -0.15) is 0 Å². The van der Waals surface area contributed by atoms with Crippen molar-refractivity contribution < 1.29 is 9.90 Å². The molecule has 0 spiro atoms. The molecule has 15 heavy (non-hydrogen) atoms. The van der Waals surface area contributed by atoms with E-state index in [0.717, 1.165) is 16.3 Å². The highest BCUT2D eigenvalue weighted by atomic mass is 32.1. The first-order chi connectivity index (χ1) is 7.24. The fraction of sp³-hybridized carbons (Fsp3) is 0.400. The fourth-order valence-electron chi connectivity index (χ4n) is 1.70. The summed E-state index contributed by atoms with van der Waals surface area (Å²) >= 11 is 1.51. The molecule has 0 saturated heterocycles. The van der Waals surface area contributed by atoms with Gasteiger partial charge in [0.1, 0.15) is 0 Å². The van der Waals surface area contributed by atoms with E-state index in [-0.39, 0.29) is 6.42 Å². The predicted octanol–water partition coefficient (Wildman–Crippen LogP) is 1.90. The molecule has 0 aromatic carbocycles. The van der Waals surface area contributed by atoms with Gasteiger partial charge in [0.05, 0.1) is 12.1 Å². The van der Waals surface area contributed by atoms with E-state index >= 15 is 0 Å². The van der Waals surface area contributed by atoms with E-state index in [0.29, 0.717) is 5.92 Å². The van der Waals surface area contributed by atoms with Gasteiger partial charge in [-0.1, -0.05) is 0 Å². The van der Waals surface area contributed by atoms with Gasteiger partial charge in [-0.3, -0.25) is 9.20 Å². The van der Waals surface area contributed by atoms with Gasteiger partial charge in [0.15, 0.2) is 4.96 Å². The van der Waals surface area contributed by atoms with Crippen LogP contribution >= 0.6 is 11.3 Å². The lowest BCUT2D eigenvalue weighted by Gasteiger charge is -1.92. The monoisotopic (exact) mass is 222 g/mol. The standard InChI is InChI=1S/C10H10N2O2S/c13-9(14)3-7-5-15-10-11-8(4-12(7)10)6-1-2-6/h4-6H,1-3H2,(H,13,14). The number of carbonyl (C=O) groups is 1. The van der Waals surface area contributed by atoms with Crippen molar-refractivity contribution in [2.75, 3.05) is 0 Å². The van der Waals surface area contributed by atoms with Crippen LogP contribution in [0.3, 0.4) is 0 Å². The van der Waals surface area contributed by atoms with E-state index in [9.17, 15) is 4.79 Å². The summed E-state index contributed by atoms with van der Waals surface area (Å²) in [5, 5.41) is 10.6. The van der Waals surface area contributed by atoms with Gasteiger partial charge in [-0.25, -0.2) is 4.98 Å². The van der Waals surface area contributed by atoms with Gasteiger partial charge in [0.25, 0.3) is 0 Å². The number of aliphatic carboxylic acids is 1. The summed E-state index contributed by atoms with van der Waals surface area (Å²) in [6.07, 6.45) is 4.50. The predicted molar refractivity (Wildman–Crippen MR) is 56.4 cm³/mol. The summed E-state index contributed by atoms with van der Waals surface area (Å²) in [6.45, 7) is 0. The summed E-state index contributed by atoms with van der Waals surface area (Å²) in [6, 6.07) is 0. The Morgan fingerprint density at radius 1 is 1.67 bits per heavy atom. The quantitative estimate of drug-likeness (QED) is 0.863. The van der Waals surface area contributed by atoms with E-state index in [1.165, 1.54) is 24.2 Å². The van der Waals surface area contributed by atoms with Gasteiger partial charge >= 0.3 is 5.97 Å². The van der Waals surface area contributed by atoms with Crippen LogP contribution in [0.1, 0.15) is 30.1 Å². The van der Waals surface area contributed by atoms with E-state index in [4.69, 9.17) is 5.11 Å². The van der Waals surface area contributed by atoms with E-state index in [2.05, 4.69) is 4.98 Å². The summed E-state index contributed by atoms with van der Waals surface area (Å²) in [5.41, 5.74) is 1.94. The van der Waals surface area contributed by atoms with Crippen molar-refractivity contribution in [1.82, 2.24) is 9.38 Å². The second-order valence-corrected chi connectivity index (χ2v) is 4.73. The minimum absolute atomic E-state index is 0.0699. The Balaban J connectivity index is 2.03. The second kappa shape index (κ2) is 3.06. The fourth-order valence-corrected chi connectivity index (χ4v) is 2.58. The van der Waals surface area contributed by atoms with Crippen LogP contribution in [0.4, 0.5) is 0 Å². The first-order valence-corrected chi connectivity index (χ1v) is 5.79. The topological polar surface area (TPSA) is 54.6 Å². The molecule has 1 aliphatic rings. The number of carboxylic acids is 1. The third-order valence-electron chi connectivity index (χ3n) is 2.63. The van der Waals surface area contributed by atoms with Crippen molar-refractivity contribution in [3.8, 4) is 0 Å². The third-order valence-corrected chi connectivity index (χ3v) is 3.52. The van der Waals surface area contributed by atoms with Crippen molar-refractivity contribution >= 4 is 22.3 Å². The van der Waals surface area contributed by atoms with Crippen LogP contribution in [0.25, 0.3) is 4.96 Å². The zero-order valence-electron chi connectivity index (χ0n) is 8.01. The highest BCUT2D eigenvalue weighted by molar-refractivity contribution is 7.15. The molecule has 1 fully saturated rings. The molecule has 4 nitrogen and oxygen atoms in total. The minimum atomic E-state index is -0.795. The molecule has 0 amide bonds. The van der Waals surface area contributed by atoms with Crippen molar-refractivity contribution in [3.05, 3.63) is 23.0 Å². The Hall–Kier alpha value is -1.36. The molecule has 1 saturated carbocycles. The summed E-state index contributed by atoms with van der Waals surface area (Å²) in [7, 11) is 0. The van der Waals surface area contributed by atoms with Gasteiger partial charge < -0.3 is 5.11 Å². The van der Waals surface area contributed by atoms with Crippen LogP contribution < -0.4 is 0 Å². The number of hydrogen-bond donors (Lipinski definition) is 1. The lowest BCUT2D eigenvalue weighted by Crippen LogP contribution is -2.02. The Labute approximate surface area is 90.2 Å². The molecule has 2 aromatic rings. The molecule has 3 rings (SSSR count). The van der Waals surface area contributed by atoms with Crippen molar-refractivity contribution in [2.45, 2.75) is 25.2 Å². The number of hydrogen-bond acceptors (Lipinski definition) is 3. The molecule has 2 aromatic heterocycles. The van der Waals surface area contributed by atoms with Crippen molar-refractivity contribution in [3.63, 3.8) is 0 Å². The normalized spacial score (nSPS) is 16.0. The van der Waals surface area contributed by atoms with Crippen LogP contribution in [0, 0.1) is 0 Å². The van der Waals surface area contributed by atoms with Crippen LogP contribution in [0.2, 0.25) is 0 Å². The SMILES string of the molecule is O=C(O)Cc1csc2nc(C3CC3)cn12. The maximum Gasteiger partial charge on any atom is 0.309 e. The Kier molecular flexibility index (Phi) is 1.82. The van der Waals surface area contributed by atoms with Crippen molar-refractivity contribution in [2.24, 2.45) is 0 Å². The Bertz CT molecular complexity index is 524. The molecular weight excluding hydrogens is 212 g/mol. The average molecular weight is 222 g/mol. The number of thiazole rings is 1. The van der Waals surface area contributed by atoms with E-state index < -0.39 is 5.97 Å². The Morgan fingerprint density at radius 2 is 2.47 bits per heavy atom.